The summed E-state index contributed by atoms with van der Waals surface area (Å²) in [6, 6.07) is 0. The Morgan fingerprint density at radius 2 is 2.44 bits per heavy atom. The van der Waals surface area contributed by atoms with Crippen LogP contribution >= 0.6 is 0 Å². The summed E-state index contributed by atoms with van der Waals surface area (Å²) in [4.78, 5) is 18.2. The van der Waals surface area contributed by atoms with Crippen LogP contribution in [-0.4, -0.2) is 29.2 Å². The van der Waals surface area contributed by atoms with Crippen LogP contribution in [0.15, 0.2) is 17.2 Å². The molecule has 1 aliphatic heterocycles. The third-order valence-corrected chi connectivity index (χ3v) is 3.15. The molecule has 0 amide bonds. The topological polar surface area (TPSA) is 64.2 Å². The molecule has 88 valence electrons. The molecule has 5 nitrogen and oxygen atoms in total. The van der Waals surface area contributed by atoms with E-state index in [1.54, 1.807) is 17.0 Å². The normalized spacial score (nSPS) is 20.4. The van der Waals surface area contributed by atoms with Gasteiger partial charge in [0.15, 0.2) is 5.82 Å². The molecule has 0 aromatic carbocycles. The van der Waals surface area contributed by atoms with Crippen LogP contribution in [-0.2, 0) is 6.54 Å². The van der Waals surface area contributed by atoms with E-state index in [0.29, 0.717) is 24.8 Å². The maximum Gasteiger partial charge on any atom is 0.293 e. The molecule has 2 N–H and O–H groups in total. The highest BCUT2D eigenvalue weighted by atomic mass is 16.1. The van der Waals surface area contributed by atoms with Crippen LogP contribution < -0.4 is 16.2 Å². The van der Waals surface area contributed by atoms with Gasteiger partial charge in [0, 0.05) is 32.0 Å². The molecule has 0 bridgehead atoms. The van der Waals surface area contributed by atoms with Crippen molar-refractivity contribution in [1.82, 2.24) is 9.55 Å². The van der Waals surface area contributed by atoms with E-state index < -0.39 is 0 Å². The summed E-state index contributed by atoms with van der Waals surface area (Å²) in [5.41, 5.74) is 5.64. The highest BCUT2D eigenvalue weighted by Gasteiger charge is 2.24. The highest BCUT2D eigenvalue weighted by molar-refractivity contribution is 5.37. The smallest absolute Gasteiger partial charge is 0.293 e. The second-order valence-electron chi connectivity index (χ2n) is 4.18. The molecule has 1 aromatic heterocycles. The summed E-state index contributed by atoms with van der Waals surface area (Å²) in [7, 11) is 0. The number of hydrogen-bond acceptors (Lipinski definition) is 4. The van der Waals surface area contributed by atoms with E-state index in [0.717, 1.165) is 19.5 Å². The average Bonchev–Trinajstić information content (AvgIpc) is 2.78. The Balaban J connectivity index is 2.25. The number of anilines is 1. The Morgan fingerprint density at radius 1 is 1.62 bits per heavy atom. The van der Waals surface area contributed by atoms with Gasteiger partial charge in [0.2, 0.25) is 0 Å². The quantitative estimate of drug-likeness (QED) is 0.784. The Labute approximate surface area is 94.9 Å². The first kappa shape index (κ1) is 11.1. The highest BCUT2D eigenvalue weighted by Crippen LogP contribution is 2.18. The van der Waals surface area contributed by atoms with Gasteiger partial charge in [-0.05, 0) is 25.8 Å². The fourth-order valence-electron chi connectivity index (χ4n) is 2.12. The Kier molecular flexibility index (Phi) is 3.24. The molecule has 1 unspecified atom stereocenters. The van der Waals surface area contributed by atoms with Gasteiger partial charge >= 0.3 is 0 Å². The second-order valence-corrected chi connectivity index (χ2v) is 4.18. The van der Waals surface area contributed by atoms with E-state index in [2.05, 4.69) is 4.98 Å². The van der Waals surface area contributed by atoms with Crippen molar-refractivity contribution in [3.63, 3.8) is 0 Å². The summed E-state index contributed by atoms with van der Waals surface area (Å²) in [5.74, 6) is 1.07. The zero-order valence-corrected chi connectivity index (χ0v) is 9.59. The van der Waals surface area contributed by atoms with Gasteiger partial charge in [-0.2, -0.15) is 0 Å². The first-order valence-electron chi connectivity index (χ1n) is 5.76. The van der Waals surface area contributed by atoms with Crippen molar-refractivity contribution in [2.45, 2.75) is 19.9 Å². The van der Waals surface area contributed by atoms with Crippen LogP contribution in [0.3, 0.4) is 0 Å². The minimum atomic E-state index is 0.00247. The molecule has 2 heterocycles. The third kappa shape index (κ3) is 1.95. The monoisotopic (exact) mass is 222 g/mol. The lowest BCUT2D eigenvalue weighted by atomic mass is 10.1. The van der Waals surface area contributed by atoms with Crippen LogP contribution in [0.5, 0.6) is 0 Å². The number of nitrogens with zero attached hydrogens (tertiary/aromatic N) is 3. The first-order chi connectivity index (χ1) is 7.76. The fourth-order valence-corrected chi connectivity index (χ4v) is 2.12. The van der Waals surface area contributed by atoms with Crippen LogP contribution in [0, 0.1) is 5.92 Å². The third-order valence-electron chi connectivity index (χ3n) is 3.15. The molecule has 16 heavy (non-hydrogen) atoms. The van der Waals surface area contributed by atoms with Crippen LogP contribution in [0.1, 0.15) is 13.3 Å². The molecule has 1 fully saturated rings. The van der Waals surface area contributed by atoms with E-state index in [1.807, 2.05) is 11.8 Å². The van der Waals surface area contributed by atoms with Crippen molar-refractivity contribution < 1.29 is 0 Å². The largest absolute Gasteiger partial charge is 0.352 e. The summed E-state index contributed by atoms with van der Waals surface area (Å²) < 4.78 is 1.68. The summed E-state index contributed by atoms with van der Waals surface area (Å²) in [6.45, 7) is 5.07. The SMILES string of the molecule is CCn1ccnc(N2CCC(CN)C2)c1=O. The van der Waals surface area contributed by atoms with Gasteiger partial charge < -0.3 is 15.2 Å². The molecule has 0 radical (unpaired) electrons. The number of nitrogens with two attached hydrogens (primary N) is 1. The zero-order chi connectivity index (χ0) is 11.5. The number of hydrogen-bond donors (Lipinski definition) is 1. The predicted molar refractivity (Wildman–Crippen MR) is 63.5 cm³/mol. The first-order valence-corrected chi connectivity index (χ1v) is 5.76. The lowest BCUT2D eigenvalue weighted by Crippen LogP contribution is -2.32. The Bertz CT molecular complexity index is 415. The molecular formula is C11H18N4O. The number of aryl methyl sites for hydroxylation is 1. The molecule has 1 atom stereocenters. The lowest BCUT2D eigenvalue weighted by molar-refractivity contribution is 0.601. The van der Waals surface area contributed by atoms with Crippen molar-refractivity contribution in [1.29, 1.82) is 0 Å². The van der Waals surface area contributed by atoms with Gasteiger partial charge in [-0.25, -0.2) is 4.98 Å². The van der Waals surface area contributed by atoms with E-state index >= 15 is 0 Å². The molecule has 5 heteroatoms. The van der Waals surface area contributed by atoms with Crippen molar-refractivity contribution in [2.75, 3.05) is 24.5 Å². The van der Waals surface area contributed by atoms with Crippen LogP contribution in [0.4, 0.5) is 5.82 Å². The maximum absolute atomic E-state index is 12.0. The number of rotatable bonds is 3. The van der Waals surface area contributed by atoms with Gasteiger partial charge in [-0.15, -0.1) is 0 Å². The van der Waals surface area contributed by atoms with Crippen molar-refractivity contribution in [3.8, 4) is 0 Å². The fraction of sp³-hybridized carbons (Fsp3) is 0.636. The average molecular weight is 222 g/mol. The summed E-state index contributed by atoms with van der Waals surface area (Å²) in [5, 5.41) is 0. The van der Waals surface area contributed by atoms with E-state index in [9.17, 15) is 4.79 Å². The van der Waals surface area contributed by atoms with Gasteiger partial charge in [-0.3, -0.25) is 4.79 Å². The van der Waals surface area contributed by atoms with Gasteiger partial charge in [0.1, 0.15) is 0 Å². The molecular weight excluding hydrogens is 204 g/mol. The molecule has 0 spiro atoms. The second kappa shape index (κ2) is 4.65. The van der Waals surface area contributed by atoms with Crippen molar-refractivity contribution in [2.24, 2.45) is 11.7 Å². The van der Waals surface area contributed by atoms with Crippen molar-refractivity contribution >= 4 is 5.82 Å². The van der Waals surface area contributed by atoms with E-state index in [-0.39, 0.29) is 5.56 Å². The molecule has 0 aliphatic carbocycles. The summed E-state index contributed by atoms with van der Waals surface area (Å²) >= 11 is 0. The molecule has 1 aromatic rings. The zero-order valence-electron chi connectivity index (χ0n) is 9.59. The molecule has 1 aliphatic rings. The van der Waals surface area contributed by atoms with Crippen molar-refractivity contribution in [3.05, 3.63) is 22.7 Å². The van der Waals surface area contributed by atoms with E-state index in [1.165, 1.54) is 0 Å². The maximum atomic E-state index is 12.0. The predicted octanol–water partition coefficient (Wildman–Crippen LogP) is 0.0482. The molecule has 0 saturated carbocycles. The van der Waals surface area contributed by atoms with Gasteiger partial charge in [0.25, 0.3) is 5.56 Å². The molecule has 1 saturated heterocycles. The Hall–Kier alpha value is -1.36. The molecule has 2 rings (SSSR count). The Morgan fingerprint density at radius 3 is 3.06 bits per heavy atom. The van der Waals surface area contributed by atoms with Gasteiger partial charge in [0.05, 0.1) is 0 Å². The lowest BCUT2D eigenvalue weighted by Gasteiger charge is -2.17. The van der Waals surface area contributed by atoms with E-state index in [4.69, 9.17) is 5.73 Å². The minimum absolute atomic E-state index is 0.00247. The minimum Gasteiger partial charge on any atom is -0.352 e. The van der Waals surface area contributed by atoms with Crippen LogP contribution in [0.25, 0.3) is 0 Å². The number of aromatic nitrogens is 2. The summed E-state index contributed by atoms with van der Waals surface area (Å²) in [6.07, 6.45) is 4.47. The van der Waals surface area contributed by atoms with Crippen LogP contribution in [0.2, 0.25) is 0 Å². The standard InChI is InChI=1S/C11H18N4O/c1-2-14-6-4-13-10(11(14)16)15-5-3-9(7-12)8-15/h4,6,9H,2-3,5,7-8,12H2,1H3. The van der Waals surface area contributed by atoms with Gasteiger partial charge in [-0.1, -0.05) is 0 Å².